The van der Waals surface area contributed by atoms with E-state index in [4.69, 9.17) is 44.7 Å². The zero-order chi connectivity index (χ0) is 15.0. The molecule has 0 spiro atoms. The highest BCUT2D eigenvalue weighted by molar-refractivity contribution is 6.63. The monoisotopic (exact) mass is 314 g/mol. The fourth-order valence-corrected chi connectivity index (χ4v) is 0.534. The van der Waals surface area contributed by atoms with Crippen molar-refractivity contribution in [3.8, 4) is 0 Å². The number of aryl methyl sites for hydroxylation is 1. The van der Waals surface area contributed by atoms with Gasteiger partial charge in [0, 0.05) is 0 Å². The largest absolute Gasteiger partial charge is 0.483 e. The van der Waals surface area contributed by atoms with Crippen LogP contribution in [0, 0.1) is 6.92 Å². The van der Waals surface area contributed by atoms with E-state index < -0.39 is 4.30 Å². The Morgan fingerprint density at radius 1 is 1.17 bits per heavy atom. The van der Waals surface area contributed by atoms with Crippen molar-refractivity contribution in [3.63, 3.8) is 0 Å². The number of carbonyl (C=O) groups is 2. The molecule has 1 rings (SSSR count). The number of rotatable bonds is 0. The number of ketones is 1. The Morgan fingerprint density at radius 2 is 1.39 bits per heavy atom. The summed E-state index contributed by atoms with van der Waals surface area (Å²) in [4.78, 5) is 17.8. The molecule has 18 heavy (non-hydrogen) atoms. The van der Waals surface area contributed by atoms with E-state index in [0.717, 1.165) is 0 Å². The van der Waals surface area contributed by atoms with Gasteiger partial charge in [-0.1, -0.05) is 70.7 Å². The first-order valence-electron chi connectivity index (χ1n) is 4.76. The first kappa shape index (κ1) is 22.4. The molecule has 1 aromatic carbocycles. The second-order valence-electron chi connectivity index (χ2n) is 2.92. The molecule has 0 aliphatic heterocycles. The highest BCUT2D eigenvalue weighted by Gasteiger charge is 1.78. The highest BCUT2D eigenvalue weighted by atomic mass is 35.6. The van der Waals surface area contributed by atoms with Crippen LogP contribution in [0.15, 0.2) is 30.3 Å². The van der Waals surface area contributed by atoms with Gasteiger partial charge in [0.25, 0.3) is 6.47 Å². The van der Waals surface area contributed by atoms with Crippen LogP contribution < -0.4 is 0 Å². The van der Waals surface area contributed by atoms with Crippen LogP contribution in [-0.2, 0) is 9.59 Å². The lowest BCUT2D eigenvalue weighted by atomic mass is 10.2. The second-order valence-corrected chi connectivity index (χ2v) is 4.90. The number of carboxylic acid groups (broad SMARTS) is 1. The number of benzene rings is 1. The molecule has 0 amide bonds. The lowest BCUT2D eigenvalue weighted by Crippen LogP contribution is -1.69. The Hall–Kier alpha value is -0.770. The van der Waals surface area contributed by atoms with Gasteiger partial charge >= 0.3 is 0 Å². The first-order valence-corrected chi connectivity index (χ1v) is 6.07. The van der Waals surface area contributed by atoms with Crippen molar-refractivity contribution in [2.24, 2.45) is 0 Å². The molecule has 1 N–H and O–H groups in total. The minimum Gasteiger partial charge on any atom is -0.483 e. The molecule has 0 radical (unpaired) electrons. The molecule has 0 bridgehead atoms. The molecule has 0 fully saturated rings. The lowest BCUT2D eigenvalue weighted by molar-refractivity contribution is -0.123. The molecule has 0 saturated heterocycles. The zero-order valence-corrected chi connectivity index (χ0v) is 12.7. The van der Waals surface area contributed by atoms with E-state index in [1.165, 1.54) is 19.4 Å². The maximum absolute atomic E-state index is 9.44. The molecule has 1 aromatic rings. The Morgan fingerprint density at radius 3 is 1.50 bits per heavy atom. The van der Waals surface area contributed by atoms with Crippen molar-refractivity contribution in [1.29, 1.82) is 0 Å². The van der Waals surface area contributed by atoms with Gasteiger partial charge < -0.3 is 9.90 Å². The predicted molar refractivity (Wildman–Crippen MR) is 77.6 cm³/mol. The van der Waals surface area contributed by atoms with Crippen LogP contribution in [0.5, 0.6) is 0 Å². The summed E-state index contributed by atoms with van der Waals surface area (Å²) < 4.78 is -0.750. The van der Waals surface area contributed by atoms with E-state index in [0.29, 0.717) is 0 Å². The van der Waals surface area contributed by atoms with Gasteiger partial charge in [0.05, 0.1) is 0 Å². The molecule has 104 valence electrons. The summed E-state index contributed by atoms with van der Waals surface area (Å²) >= 11 is 14.4. The van der Waals surface area contributed by atoms with Crippen LogP contribution in [0.4, 0.5) is 0 Å². The summed E-state index contributed by atoms with van der Waals surface area (Å²) in [5.74, 6) is 0.167. The average Bonchev–Trinajstić information content (AvgIpc) is 2.18. The Bertz CT molecular complexity index is 283. The third-order valence-electron chi connectivity index (χ3n) is 0.940. The van der Waals surface area contributed by atoms with E-state index in [1.54, 1.807) is 0 Å². The van der Waals surface area contributed by atoms with Gasteiger partial charge in [-0.3, -0.25) is 4.79 Å². The predicted octanol–water partition coefficient (Wildman–Crippen LogP) is 4.28. The standard InChI is InChI=1S/C7H8.C3H6O.CHCl3.CH2O2/c1-7-5-3-2-4-6-7;1-3(2)4;2-1(3)4;2-1-3/h2-6H,1H3;1-2H3;1H;1H,(H,2,3). The van der Waals surface area contributed by atoms with E-state index in [-0.39, 0.29) is 12.3 Å². The van der Waals surface area contributed by atoms with E-state index in [1.807, 2.05) is 18.2 Å². The maximum Gasteiger partial charge on any atom is 0.290 e. The SMILES string of the molecule is CC(C)=O.Cc1ccccc1.ClC(Cl)Cl.O=CO. The molecule has 0 atom stereocenters. The summed E-state index contributed by atoms with van der Waals surface area (Å²) in [6, 6.07) is 10.3. The zero-order valence-electron chi connectivity index (χ0n) is 10.4. The van der Waals surface area contributed by atoms with Gasteiger partial charge in [-0.25, -0.2) is 0 Å². The molecule has 0 aromatic heterocycles. The van der Waals surface area contributed by atoms with Crippen molar-refractivity contribution >= 4 is 47.1 Å². The van der Waals surface area contributed by atoms with Crippen molar-refractivity contribution in [2.75, 3.05) is 0 Å². The summed E-state index contributed by atoms with van der Waals surface area (Å²) in [5, 5.41) is 6.89. The summed E-state index contributed by atoms with van der Waals surface area (Å²) in [6.07, 6.45) is 0. The van der Waals surface area contributed by atoms with Gasteiger partial charge in [-0.15, -0.1) is 0 Å². The minimum absolute atomic E-state index is 0.167. The fourth-order valence-electron chi connectivity index (χ4n) is 0.534. The van der Waals surface area contributed by atoms with Crippen LogP contribution in [0.25, 0.3) is 0 Å². The van der Waals surface area contributed by atoms with Gasteiger partial charge in [0.15, 0.2) is 4.30 Å². The Labute approximate surface area is 123 Å². The minimum atomic E-state index is -0.750. The van der Waals surface area contributed by atoms with Crippen LogP contribution in [0.1, 0.15) is 19.4 Å². The van der Waals surface area contributed by atoms with Crippen molar-refractivity contribution < 1.29 is 14.7 Å². The molecule has 3 nitrogen and oxygen atoms in total. The molecule has 0 unspecified atom stereocenters. The molecule has 0 saturated carbocycles. The normalized spacial score (nSPS) is 7.50. The van der Waals surface area contributed by atoms with E-state index in [9.17, 15) is 4.79 Å². The topological polar surface area (TPSA) is 54.4 Å². The van der Waals surface area contributed by atoms with E-state index in [2.05, 4.69) is 19.1 Å². The van der Waals surface area contributed by atoms with Crippen LogP contribution in [0.2, 0.25) is 0 Å². The summed E-state index contributed by atoms with van der Waals surface area (Å²) in [6.45, 7) is 4.89. The van der Waals surface area contributed by atoms with Gasteiger partial charge in [-0.05, 0) is 20.8 Å². The average molecular weight is 316 g/mol. The molecular formula is C12H17Cl3O3. The Kier molecular flexibility index (Phi) is 23.1. The quantitative estimate of drug-likeness (QED) is 0.574. The maximum atomic E-state index is 9.44. The number of alkyl halides is 3. The third-order valence-corrected chi connectivity index (χ3v) is 0.940. The van der Waals surface area contributed by atoms with Crippen molar-refractivity contribution in [1.82, 2.24) is 0 Å². The lowest BCUT2D eigenvalue weighted by Gasteiger charge is -1.82. The van der Waals surface area contributed by atoms with Crippen molar-refractivity contribution in [3.05, 3.63) is 35.9 Å². The summed E-state index contributed by atoms with van der Waals surface area (Å²) in [5.41, 5.74) is 1.32. The third kappa shape index (κ3) is 59.0. The Balaban J connectivity index is -0.000000180. The molecule has 0 heterocycles. The molecule has 0 aliphatic rings. The number of Topliss-reactive ketones (excluding diaryl/α,β-unsaturated/α-hetero) is 1. The van der Waals surface area contributed by atoms with Gasteiger partial charge in [-0.2, -0.15) is 0 Å². The number of halogens is 3. The number of hydrogen-bond acceptors (Lipinski definition) is 2. The van der Waals surface area contributed by atoms with Crippen LogP contribution >= 0.6 is 34.8 Å². The highest BCUT2D eigenvalue weighted by Crippen LogP contribution is 2.03. The molecular weight excluding hydrogens is 298 g/mol. The van der Waals surface area contributed by atoms with Crippen LogP contribution in [0.3, 0.4) is 0 Å². The second kappa shape index (κ2) is 18.6. The number of carbonyl (C=O) groups excluding carboxylic acids is 1. The summed E-state index contributed by atoms with van der Waals surface area (Å²) in [7, 11) is 0. The van der Waals surface area contributed by atoms with Crippen LogP contribution in [-0.4, -0.2) is 21.7 Å². The fraction of sp³-hybridized carbons (Fsp3) is 0.333. The first-order chi connectivity index (χ1) is 8.27. The number of hydrogen-bond donors (Lipinski definition) is 1. The molecule has 0 aliphatic carbocycles. The smallest absolute Gasteiger partial charge is 0.290 e. The molecule has 6 heteroatoms. The van der Waals surface area contributed by atoms with Gasteiger partial charge in [0.1, 0.15) is 5.78 Å². The van der Waals surface area contributed by atoms with Gasteiger partial charge in [0.2, 0.25) is 0 Å². The van der Waals surface area contributed by atoms with E-state index >= 15 is 0 Å². The van der Waals surface area contributed by atoms with Crippen molar-refractivity contribution in [2.45, 2.75) is 25.1 Å².